The van der Waals surface area contributed by atoms with Crippen molar-refractivity contribution < 1.29 is 33.7 Å². The maximum absolute atomic E-state index is 15.8. The summed E-state index contributed by atoms with van der Waals surface area (Å²) in [4.78, 5) is 51.8. The predicted octanol–water partition coefficient (Wildman–Crippen LogP) is 11.1. The van der Waals surface area contributed by atoms with Crippen molar-refractivity contribution in [2.24, 2.45) is 67.5 Å². The van der Waals surface area contributed by atoms with Gasteiger partial charge in [-0.1, -0.05) is 41.5 Å². The van der Waals surface area contributed by atoms with Crippen LogP contribution in [0.15, 0.2) is 30.5 Å². The lowest BCUT2D eigenvalue weighted by Crippen LogP contribution is -2.67. The number of imidazole rings is 1. The Kier molecular flexibility index (Phi) is 11.1. The molecule has 2 heterocycles. The van der Waals surface area contributed by atoms with Crippen LogP contribution < -0.4 is 4.74 Å². The minimum Gasteiger partial charge on any atom is -0.491 e. The van der Waals surface area contributed by atoms with Crippen molar-refractivity contribution in [2.45, 2.75) is 164 Å². The minimum atomic E-state index is -1.16. The number of aliphatic carboxylic acids is 1. The summed E-state index contributed by atoms with van der Waals surface area (Å²) in [6, 6.07) is 8.07. The predicted molar refractivity (Wildman–Crippen MR) is 242 cm³/mol. The highest BCUT2D eigenvalue weighted by atomic mass is 16.5. The van der Waals surface area contributed by atoms with Gasteiger partial charge >= 0.3 is 11.9 Å². The van der Waals surface area contributed by atoms with E-state index in [9.17, 15) is 14.7 Å². The van der Waals surface area contributed by atoms with Gasteiger partial charge in [0, 0.05) is 19.1 Å². The molecule has 2 N–H and O–H groups in total. The van der Waals surface area contributed by atoms with E-state index in [4.69, 9.17) is 19.2 Å². The van der Waals surface area contributed by atoms with Crippen LogP contribution in [0.4, 0.5) is 0 Å². The van der Waals surface area contributed by atoms with E-state index in [-0.39, 0.29) is 45.6 Å². The number of hydrogen-bond acceptors (Lipinski definition) is 7. The fraction of sp³-hybridized carbons (Fsp3) is 0.774. The molecule has 0 bridgehead atoms. The van der Waals surface area contributed by atoms with Gasteiger partial charge in [-0.2, -0.15) is 0 Å². The number of carboxylic acids is 1. The van der Waals surface area contributed by atoms with E-state index in [1.165, 1.54) is 32.1 Å². The summed E-state index contributed by atoms with van der Waals surface area (Å²) in [6.07, 6.45) is 16.9. The number of carbonyl (C=O) groups is 3. The third-order valence-corrected chi connectivity index (χ3v) is 20.3. The zero-order valence-corrected chi connectivity index (χ0v) is 39.9. The number of benzene rings is 1. The van der Waals surface area contributed by atoms with Gasteiger partial charge in [0.25, 0.3) is 0 Å². The Bertz CT molecular complexity index is 2070. The molecule has 1 amide bonds. The summed E-state index contributed by atoms with van der Waals surface area (Å²) in [5, 5.41) is 9.70. The topological polar surface area (TPSA) is 131 Å². The van der Waals surface area contributed by atoms with Crippen LogP contribution in [0.2, 0.25) is 0 Å². The molecule has 1 aromatic carbocycles. The van der Waals surface area contributed by atoms with Crippen molar-refractivity contribution in [3.05, 3.63) is 36.3 Å². The van der Waals surface area contributed by atoms with E-state index < -0.39 is 17.4 Å². The van der Waals surface area contributed by atoms with Gasteiger partial charge in [0.15, 0.2) is 0 Å². The first-order valence-electron chi connectivity index (χ1n) is 24.8. The summed E-state index contributed by atoms with van der Waals surface area (Å²) in [5.41, 5.74) is 1.06. The van der Waals surface area contributed by atoms with Crippen LogP contribution in [0, 0.1) is 67.5 Å². The second-order valence-corrected chi connectivity index (χ2v) is 24.1. The van der Waals surface area contributed by atoms with Gasteiger partial charge in [0.2, 0.25) is 5.91 Å². The Morgan fingerprint density at radius 2 is 1.57 bits per heavy atom. The van der Waals surface area contributed by atoms with Crippen molar-refractivity contribution in [2.75, 3.05) is 26.9 Å². The first-order chi connectivity index (χ1) is 29.7. The molecule has 9 rings (SSSR count). The molecular weight excluding hydrogens is 791 g/mol. The number of fused-ring (bicyclic) bond motifs is 7. The van der Waals surface area contributed by atoms with Crippen LogP contribution in [-0.2, 0) is 23.9 Å². The number of rotatable bonds is 12. The molecule has 1 aromatic heterocycles. The fourth-order valence-electron chi connectivity index (χ4n) is 16.3. The minimum absolute atomic E-state index is 0.0355. The normalized spacial score (nSPS) is 38.7. The Labute approximate surface area is 376 Å². The van der Waals surface area contributed by atoms with Gasteiger partial charge in [0.1, 0.15) is 24.3 Å². The van der Waals surface area contributed by atoms with E-state index in [0.717, 1.165) is 87.2 Å². The van der Waals surface area contributed by atoms with Crippen LogP contribution in [-0.4, -0.2) is 70.8 Å². The molecule has 10 nitrogen and oxygen atoms in total. The van der Waals surface area contributed by atoms with Gasteiger partial charge in [0.05, 0.1) is 41.8 Å². The van der Waals surface area contributed by atoms with E-state index in [2.05, 4.69) is 63.6 Å². The first-order valence-corrected chi connectivity index (χ1v) is 24.8. The third-order valence-electron chi connectivity index (χ3n) is 20.3. The average Bonchev–Trinajstić information content (AvgIpc) is 3.61. The number of hydrogen-bond donors (Lipinski definition) is 2. The summed E-state index contributed by atoms with van der Waals surface area (Å²) in [5.74, 6) is 3.24. The van der Waals surface area contributed by atoms with Crippen molar-refractivity contribution in [3.8, 4) is 17.0 Å². The summed E-state index contributed by atoms with van der Waals surface area (Å²) >= 11 is 0. The van der Waals surface area contributed by atoms with Crippen LogP contribution in [0.5, 0.6) is 5.75 Å². The molecule has 0 spiro atoms. The number of aromatic amines is 1. The van der Waals surface area contributed by atoms with Crippen molar-refractivity contribution in [1.29, 1.82) is 0 Å². The van der Waals surface area contributed by atoms with Crippen LogP contribution >= 0.6 is 0 Å². The highest BCUT2D eigenvalue weighted by Crippen LogP contribution is 2.79. The van der Waals surface area contributed by atoms with Crippen molar-refractivity contribution in [1.82, 2.24) is 14.9 Å². The molecule has 63 heavy (non-hydrogen) atoms. The van der Waals surface area contributed by atoms with Crippen LogP contribution in [0.1, 0.15) is 164 Å². The van der Waals surface area contributed by atoms with Crippen molar-refractivity contribution in [3.63, 3.8) is 0 Å². The number of carbonyl (C=O) groups excluding carboxylic acids is 2. The maximum Gasteiger partial charge on any atom is 0.309 e. The van der Waals surface area contributed by atoms with E-state index in [1.54, 1.807) is 21.0 Å². The van der Waals surface area contributed by atoms with Gasteiger partial charge < -0.3 is 29.2 Å². The summed E-state index contributed by atoms with van der Waals surface area (Å²) in [6.45, 7) is 20.2. The monoisotopic (exact) mass is 868 g/mol. The zero-order chi connectivity index (χ0) is 45.0. The number of ether oxygens (including phenoxy) is 3. The largest absolute Gasteiger partial charge is 0.491 e. The quantitative estimate of drug-likeness (QED) is 0.159. The molecule has 7 fully saturated rings. The number of nitrogens with zero attached hydrogens (tertiary/aromatic N) is 2. The molecule has 10 heteroatoms. The van der Waals surface area contributed by atoms with Gasteiger partial charge in [-0.05, 0) is 185 Å². The van der Waals surface area contributed by atoms with Gasteiger partial charge in [-0.25, -0.2) is 4.98 Å². The second-order valence-electron chi connectivity index (χ2n) is 24.1. The maximum atomic E-state index is 15.8. The Balaban J connectivity index is 0.960. The Hall–Kier alpha value is -3.40. The lowest BCUT2D eigenvalue weighted by molar-refractivity contribution is -0.251. The van der Waals surface area contributed by atoms with Gasteiger partial charge in [-0.3, -0.25) is 14.4 Å². The molecule has 0 radical (unpaired) electrons. The molecule has 1 unspecified atom stereocenters. The SMILES string of the molecule is COCCOc1ccc(-c2cnc([C@@H]3CCCN3C(=O)[C@]34CCC(C5(C)CC5)[C@@H]3[C@H]3CC[C@@H]5[C@@]6(C)CC[C@H](OC(=O)CC(C)(C)C(=O)O)C(C)(C)[C@@H]6CC[C@@]5(C)[C@]3(C)CC4)[nH]2)cc1. The lowest BCUT2D eigenvalue weighted by atomic mass is 9.32. The second kappa shape index (κ2) is 15.6. The van der Waals surface area contributed by atoms with Crippen molar-refractivity contribution >= 4 is 17.8 Å². The van der Waals surface area contributed by atoms with Crippen LogP contribution in [0.25, 0.3) is 11.3 Å². The highest BCUT2D eigenvalue weighted by Gasteiger charge is 2.74. The number of nitrogens with one attached hydrogen (secondary N) is 1. The zero-order valence-electron chi connectivity index (χ0n) is 39.9. The molecular formula is C53H77N3O7. The Morgan fingerprint density at radius 1 is 0.825 bits per heavy atom. The molecule has 346 valence electrons. The number of carboxylic acid groups (broad SMARTS) is 1. The molecule has 2 aromatic rings. The number of esters is 1. The number of amides is 1. The molecule has 1 aliphatic heterocycles. The number of methoxy groups -OCH3 is 1. The molecule has 7 aliphatic rings. The van der Waals surface area contributed by atoms with E-state index in [0.29, 0.717) is 54.1 Å². The van der Waals surface area contributed by atoms with Crippen LogP contribution in [0.3, 0.4) is 0 Å². The molecule has 1 saturated heterocycles. The number of H-pyrrole nitrogens is 1. The summed E-state index contributed by atoms with van der Waals surface area (Å²) < 4.78 is 17.2. The van der Waals surface area contributed by atoms with E-state index in [1.807, 2.05) is 18.3 Å². The fourth-order valence-corrected chi connectivity index (χ4v) is 16.3. The molecule has 11 atom stereocenters. The third kappa shape index (κ3) is 7.01. The average molecular weight is 868 g/mol. The van der Waals surface area contributed by atoms with Gasteiger partial charge in [-0.15, -0.1) is 0 Å². The van der Waals surface area contributed by atoms with E-state index >= 15 is 4.79 Å². The number of likely N-dealkylation sites (tertiary alicyclic amines) is 1. The Morgan fingerprint density at radius 3 is 2.27 bits per heavy atom. The first kappa shape index (κ1) is 44.8. The smallest absolute Gasteiger partial charge is 0.309 e. The lowest BCUT2D eigenvalue weighted by Gasteiger charge is -2.73. The molecule has 6 saturated carbocycles. The number of aromatic nitrogens is 2. The standard InChI is InChI=1S/C53H77N3O7/c1-47(2,46(59)60)31-42(57)63-41-20-21-50(6)39(48(41,3)4)19-22-52(8)40(50)17-16-36-43-35(49(5)24-25-49)18-23-53(43,27-26-51(36,52)7)45(58)56-28-10-11-38(56)44-54-32-37(55-44)33-12-14-34(15-13-33)62-30-29-61-9/h12-15,32,35-36,38-41,43H,10-11,16-31H2,1-9H3,(H,54,55)(H,59,60)/t35?,36-,38+,39+,40-,41+,43-,50+,51-,52-,53+/m1/s1. The highest BCUT2D eigenvalue weighted by molar-refractivity contribution is 5.85. The summed E-state index contributed by atoms with van der Waals surface area (Å²) in [7, 11) is 1.67. The molecule has 6 aliphatic carbocycles.